The Hall–Kier alpha value is -0.230. The van der Waals surface area contributed by atoms with Gasteiger partial charge in [0.1, 0.15) is 0 Å². The number of nitrogens with one attached hydrogen (secondary N) is 1. The number of hydrogen-bond acceptors (Lipinski definition) is 4. The first kappa shape index (κ1) is 16.1. The topological polar surface area (TPSA) is 24.5 Å². The van der Waals surface area contributed by atoms with Gasteiger partial charge in [-0.1, -0.05) is 13.0 Å². The van der Waals surface area contributed by atoms with Gasteiger partial charge in [-0.15, -0.1) is 0 Å². The Labute approximate surface area is 134 Å². The maximum absolute atomic E-state index is 5.03. The lowest BCUT2D eigenvalue weighted by atomic mass is 10.2. The van der Waals surface area contributed by atoms with Gasteiger partial charge in [-0.3, -0.25) is 0 Å². The van der Waals surface area contributed by atoms with Gasteiger partial charge >= 0.3 is 0 Å². The van der Waals surface area contributed by atoms with E-state index in [0.717, 1.165) is 32.8 Å². The van der Waals surface area contributed by atoms with Crippen LogP contribution in [-0.2, 0) is 11.3 Å². The molecule has 0 spiro atoms. The van der Waals surface area contributed by atoms with Crippen molar-refractivity contribution in [3.8, 4) is 0 Å². The van der Waals surface area contributed by atoms with Crippen LogP contribution in [0.15, 0.2) is 22.7 Å². The number of halogens is 1. The summed E-state index contributed by atoms with van der Waals surface area (Å²) in [4.78, 5) is 2.48. The average molecular weight is 359 g/mol. The van der Waals surface area contributed by atoms with Crippen molar-refractivity contribution in [1.29, 1.82) is 0 Å². The molecule has 0 aliphatic carbocycles. The van der Waals surface area contributed by atoms with Crippen molar-refractivity contribution in [3.63, 3.8) is 0 Å². The second-order valence-corrected chi connectivity index (χ2v) is 7.48. The number of benzene rings is 1. The van der Waals surface area contributed by atoms with Gasteiger partial charge in [0.25, 0.3) is 0 Å². The second-order valence-electron chi connectivity index (χ2n) is 5.08. The van der Waals surface area contributed by atoms with Crippen LogP contribution in [-0.4, -0.2) is 44.4 Å². The molecule has 1 aliphatic heterocycles. The fourth-order valence-corrected chi connectivity index (χ4v) is 4.05. The van der Waals surface area contributed by atoms with Crippen LogP contribution in [0.2, 0.25) is 0 Å². The Morgan fingerprint density at radius 1 is 1.50 bits per heavy atom. The van der Waals surface area contributed by atoms with Crippen molar-refractivity contribution >= 4 is 33.4 Å². The van der Waals surface area contributed by atoms with Crippen molar-refractivity contribution in [1.82, 2.24) is 5.32 Å². The Balaban J connectivity index is 1.95. The van der Waals surface area contributed by atoms with Gasteiger partial charge in [-0.05, 0) is 33.6 Å². The average Bonchev–Trinajstić information content (AvgIpc) is 2.44. The van der Waals surface area contributed by atoms with Crippen LogP contribution in [0.3, 0.4) is 0 Å². The quantitative estimate of drug-likeness (QED) is 0.789. The van der Waals surface area contributed by atoms with Gasteiger partial charge in [0, 0.05) is 48.8 Å². The summed E-state index contributed by atoms with van der Waals surface area (Å²) in [5, 5.41) is 4.09. The summed E-state index contributed by atoms with van der Waals surface area (Å²) in [7, 11) is 1.73. The van der Waals surface area contributed by atoms with Crippen LogP contribution in [0.5, 0.6) is 0 Å². The molecule has 1 heterocycles. The van der Waals surface area contributed by atoms with E-state index in [9.17, 15) is 0 Å². The van der Waals surface area contributed by atoms with Gasteiger partial charge < -0.3 is 15.0 Å². The third-order valence-corrected chi connectivity index (χ3v) is 5.18. The molecule has 1 fully saturated rings. The minimum Gasteiger partial charge on any atom is -0.383 e. The predicted molar refractivity (Wildman–Crippen MR) is 91.9 cm³/mol. The molecule has 1 unspecified atom stereocenters. The van der Waals surface area contributed by atoms with E-state index in [2.05, 4.69) is 63.0 Å². The molecule has 3 nitrogen and oxygen atoms in total. The molecule has 0 aromatic heterocycles. The summed E-state index contributed by atoms with van der Waals surface area (Å²) in [5.74, 6) is 1.22. The number of nitrogens with zero attached hydrogens (tertiary/aromatic N) is 1. The number of thioether (sulfide) groups is 1. The third-order valence-electron chi connectivity index (χ3n) is 3.41. The predicted octanol–water partition coefficient (Wildman–Crippen LogP) is 3.13. The second kappa shape index (κ2) is 8.27. The number of hydrogen-bond donors (Lipinski definition) is 1. The summed E-state index contributed by atoms with van der Waals surface area (Å²) in [6.07, 6.45) is 0. The van der Waals surface area contributed by atoms with E-state index >= 15 is 0 Å². The van der Waals surface area contributed by atoms with Crippen molar-refractivity contribution < 1.29 is 4.74 Å². The van der Waals surface area contributed by atoms with Gasteiger partial charge in [0.2, 0.25) is 0 Å². The Morgan fingerprint density at radius 3 is 3.05 bits per heavy atom. The first-order valence-corrected chi connectivity index (χ1v) is 8.89. The normalized spacial score (nSPS) is 19.4. The van der Waals surface area contributed by atoms with E-state index in [1.54, 1.807) is 7.11 Å². The smallest absolute Gasteiger partial charge is 0.0587 e. The van der Waals surface area contributed by atoms with Crippen LogP contribution >= 0.6 is 27.7 Å². The van der Waals surface area contributed by atoms with Crippen LogP contribution < -0.4 is 10.2 Å². The van der Waals surface area contributed by atoms with Gasteiger partial charge in [-0.25, -0.2) is 0 Å². The molecule has 0 radical (unpaired) electrons. The Bertz CT molecular complexity index is 430. The third kappa shape index (κ3) is 4.65. The van der Waals surface area contributed by atoms with E-state index < -0.39 is 0 Å². The lowest BCUT2D eigenvalue weighted by Crippen LogP contribution is -2.36. The lowest BCUT2D eigenvalue weighted by Gasteiger charge is -2.33. The molecular weight excluding hydrogens is 336 g/mol. The summed E-state index contributed by atoms with van der Waals surface area (Å²) in [6, 6.07) is 6.67. The van der Waals surface area contributed by atoms with Crippen LogP contribution in [0.1, 0.15) is 12.5 Å². The number of anilines is 1. The van der Waals surface area contributed by atoms with Crippen molar-refractivity contribution in [2.75, 3.05) is 44.0 Å². The van der Waals surface area contributed by atoms with E-state index in [0.29, 0.717) is 5.25 Å². The molecule has 5 heteroatoms. The van der Waals surface area contributed by atoms with Crippen molar-refractivity contribution in [3.05, 3.63) is 28.2 Å². The molecular formula is C15H23BrN2OS. The molecule has 1 saturated heterocycles. The molecule has 1 aromatic carbocycles. The maximum Gasteiger partial charge on any atom is 0.0587 e. The molecule has 1 aromatic rings. The van der Waals surface area contributed by atoms with E-state index in [1.165, 1.54) is 21.5 Å². The maximum atomic E-state index is 5.03. The van der Waals surface area contributed by atoms with Crippen LogP contribution in [0.4, 0.5) is 5.69 Å². The standard InChI is InChI=1S/C15H23BrN2OS/c1-12-11-18(6-8-20-12)15-4-3-13(9-14(15)16)10-17-5-7-19-2/h3-4,9,12,17H,5-8,10-11H2,1-2H3. The van der Waals surface area contributed by atoms with E-state index in [1.807, 2.05) is 0 Å². The summed E-state index contributed by atoms with van der Waals surface area (Å²) < 4.78 is 6.23. The molecule has 112 valence electrons. The van der Waals surface area contributed by atoms with E-state index in [-0.39, 0.29) is 0 Å². The SMILES string of the molecule is COCCNCc1ccc(N2CCSC(C)C2)c(Br)c1. The largest absolute Gasteiger partial charge is 0.383 e. The monoisotopic (exact) mass is 358 g/mol. The fourth-order valence-electron chi connectivity index (χ4n) is 2.36. The molecule has 20 heavy (non-hydrogen) atoms. The van der Waals surface area contributed by atoms with Crippen LogP contribution in [0.25, 0.3) is 0 Å². The summed E-state index contributed by atoms with van der Waals surface area (Å²) in [6.45, 7) is 7.10. The highest BCUT2D eigenvalue weighted by molar-refractivity contribution is 9.10. The minimum absolute atomic E-state index is 0.714. The zero-order valence-electron chi connectivity index (χ0n) is 12.2. The Kier molecular flexibility index (Phi) is 6.68. The molecule has 0 bridgehead atoms. The van der Waals surface area contributed by atoms with Gasteiger partial charge in [0.15, 0.2) is 0 Å². The molecule has 1 N–H and O–H groups in total. The zero-order valence-corrected chi connectivity index (χ0v) is 14.6. The highest BCUT2D eigenvalue weighted by atomic mass is 79.9. The minimum atomic E-state index is 0.714. The van der Waals surface area contributed by atoms with Crippen LogP contribution in [0, 0.1) is 0 Å². The Morgan fingerprint density at radius 2 is 2.35 bits per heavy atom. The zero-order chi connectivity index (χ0) is 14.4. The van der Waals surface area contributed by atoms with Gasteiger partial charge in [-0.2, -0.15) is 11.8 Å². The summed E-state index contributed by atoms with van der Waals surface area (Å²) >= 11 is 5.79. The first-order valence-electron chi connectivity index (χ1n) is 7.05. The summed E-state index contributed by atoms with van der Waals surface area (Å²) in [5.41, 5.74) is 2.62. The van der Waals surface area contributed by atoms with Crippen molar-refractivity contribution in [2.45, 2.75) is 18.7 Å². The highest BCUT2D eigenvalue weighted by Crippen LogP contribution is 2.31. The number of methoxy groups -OCH3 is 1. The fraction of sp³-hybridized carbons (Fsp3) is 0.600. The van der Waals surface area contributed by atoms with Crippen molar-refractivity contribution in [2.24, 2.45) is 0 Å². The first-order chi connectivity index (χ1) is 9.70. The number of rotatable bonds is 6. The lowest BCUT2D eigenvalue weighted by molar-refractivity contribution is 0.199. The van der Waals surface area contributed by atoms with E-state index in [4.69, 9.17) is 4.74 Å². The number of ether oxygens (including phenoxy) is 1. The molecule has 1 atom stereocenters. The highest BCUT2D eigenvalue weighted by Gasteiger charge is 2.18. The van der Waals surface area contributed by atoms with Gasteiger partial charge in [0.05, 0.1) is 12.3 Å². The molecule has 2 rings (SSSR count). The molecule has 0 amide bonds. The molecule has 0 saturated carbocycles. The molecule has 1 aliphatic rings.